The van der Waals surface area contributed by atoms with Crippen LogP contribution in [0.2, 0.25) is 137 Å². The monoisotopic (exact) mass is 2790 g/mol. The van der Waals surface area contributed by atoms with E-state index in [0.717, 1.165) is 96.5 Å². The molecule has 0 fully saturated rings. The Balaban J connectivity index is 0.000000256. The molecule has 0 atom stereocenters. The smallest absolute Gasteiger partial charge is 0.0798 e. The van der Waals surface area contributed by atoms with Crippen molar-refractivity contribution in [3.05, 3.63) is 411 Å². The van der Waals surface area contributed by atoms with Crippen molar-refractivity contribution < 1.29 is 80.4 Å². The van der Waals surface area contributed by atoms with Gasteiger partial charge in [-0.05, 0) is 148 Å². The summed E-state index contributed by atoms with van der Waals surface area (Å²) < 4.78 is 0. The predicted molar refractivity (Wildman–Crippen MR) is 640 cm³/mol. The van der Waals surface area contributed by atoms with Gasteiger partial charge in [-0.3, -0.25) is 0 Å². The van der Waals surface area contributed by atoms with Gasteiger partial charge in [0.15, 0.2) is 0 Å². The van der Waals surface area contributed by atoms with Gasteiger partial charge in [0.2, 0.25) is 0 Å². The molecular formula is C127H150Ir4N8SSi7-8. The largest absolute Gasteiger partial charge is 0.305 e. The summed E-state index contributed by atoms with van der Waals surface area (Å²) in [6.45, 7) is 64.6. The molecule has 0 unspecified atom stereocenters. The fraction of sp³-hybridized carbons (Fsp3) is 0.260. The molecule has 9 aromatic carbocycles. The number of benzene rings is 9. The van der Waals surface area contributed by atoms with Crippen LogP contribution in [0.1, 0.15) is 47.2 Å². The topological polar surface area (TPSA) is 103 Å². The summed E-state index contributed by atoms with van der Waals surface area (Å²) in [6, 6.07) is 121. The van der Waals surface area contributed by atoms with E-state index in [0.29, 0.717) is 5.92 Å². The average Bonchev–Trinajstić information content (AvgIpc) is 0.865. The van der Waals surface area contributed by atoms with E-state index < -0.39 is 66.5 Å². The van der Waals surface area contributed by atoms with Gasteiger partial charge in [-0.25, -0.2) is 10.0 Å². The summed E-state index contributed by atoms with van der Waals surface area (Å²) in [4.78, 5) is 38.2. The second-order valence-electron chi connectivity index (χ2n) is 44.9. The fourth-order valence-electron chi connectivity index (χ4n) is 16.6. The van der Waals surface area contributed by atoms with E-state index >= 15 is 0 Å². The van der Waals surface area contributed by atoms with E-state index in [1.165, 1.54) is 85.7 Å². The van der Waals surface area contributed by atoms with Crippen molar-refractivity contribution >= 4 is 103 Å². The van der Waals surface area contributed by atoms with Gasteiger partial charge in [0.05, 0.1) is 56.5 Å². The number of nitrogens with zero attached hydrogens (tertiary/aromatic N) is 8. The molecule has 0 bridgehead atoms. The maximum atomic E-state index is 4.71. The van der Waals surface area contributed by atoms with Crippen LogP contribution in [0.15, 0.2) is 334 Å². The van der Waals surface area contributed by atoms with Gasteiger partial charge in [0.1, 0.15) is 0 Å². The molecule has 0 aliphatic carbocycles. The van der Waals surface area contributed by atoms with E-state index in [2.05, 4.69) is 440 Å². The molecule has 0 aliphatic heterocycles. The van der Waals surface area contributed by atoms with Crippen LogP contribution in [0.3, 0.4) is 0 Å². The molecule has 0 N–H and O–H groups in total. The third-order valence-electron chi connectivity index (χ3n) is 23.9. The first-order valence-corrected chi connectivity index (χ1v) is 77.1. The summed E-state index contributed by atoms with van der Waals surface area (Å²) in [5.41, 5.74) is 27.5. The van der Waals surface area contributed by atoms with Gasteiger partial charge in [-0.1, -0.05) is 281 Å². The minimum Gasteiger partial charge on any atom is -0.305 e. The Morgan fingerprint density at radius 3 is 0.898 bits per heavy atom. The Morgan fingerprint density at radius 1 is 0.259 bits per heavy atom. The number of hydrogen-bond acceptors (Lipinski definition) is 8. The number of hydrogen-bond donors (Lipinski definition) is 0. The van der Waals surface area contributed by atoms with Crippen LogP contribution in [-0.4, -0.2) is 115 Å². The SMILES string of the molecule is CC(C)Cc1cc(-c2[c-]cccc2)ncc1S(C)(C)C.C[Si](C)(C)c1cccnc1-c1[c-]cccc1.C[Si](C)(C)c1cccnc1-c1[c-]cccc1.C[Si](C)(C)c1cccnc1-c1[c-]cccc1.C[Si](C)(C)c1cccnc1-c1[c-]cccc1.Cc1[c-]c(-c2cc(C)c([Si](C)(C)C)cn2)cc(C)c1.Cc1cc(-c2[c-]ccc(-c3ccccc3)c2)ncc1[Si](C)(C)C.Cc1cc([Si](C)(C)C)cnc1-c1[c-]cccc1.[Ir].[Ir].[Ir].[Ir]. The van der Waals surface area contributed by atoms with Gasteiger partial charge < -0.3 is 39.9 Å². The van der Waals surface area contributed by atoms with Crippen LogP contribution in [0.4, 0.5) is 0 Å². The zero-order valence-electron chi connectivity index (χ0n) is 92.3. The Morgan fingerprint density at radius 2 is 0.585 bits per heavy atom. The van der Waals surface area contributed by atoms with Crippen LogP contribution >= 0.6 is 10.0 Å². The van der Waals surface area contributed by atoms with Gasteiger partial charge in [-0.15, -0.1) is 286 Å². The first-order chi connectivity index (χ1) is 67.4. The summed E-state index contributed by atoms with van der Waals surface area (Å²) >= 11 is 0. The van der Waals surface area contributed by atoms with Gasteiger partial charge >= 0.3 is 0 Å². The molecule has 8 heterocycles. The minimum atomic E-state index is -1.34. The van der Waals surface area contributed by atoms with E-state index in [-0.39, 0.29) is 80.4 Å². The molecule has 20 heteroatoms. The summed E-state index contributed by atoms with van der Waals surface area (Å²) in [5.74, 6) is 0.658. The molecule has 0 saturated carbocycles. The standard InChI is InChI=1S/C21H22NSi.C18H24NS.C17H22NSi.C15H18NSi.4C14H16NSi.4Ir/c1-16-13-20(22-15-21(16)23(2,3)4)19-12-8-11-18(14-19)17-9-6-5-7-10-17;1-14(2)11-16-12-17(15-9-7-6-8-10-15)19-13-18(16)20(3,4)5;1-12-7-13(2)9-15(8-12)16-10-14(3)17(11-18-16)19(4,5)6;1-12-10-14(17(2,3)4)11-16-15(12)13-8-6-5-7-9-13;4*1-16(2,3)13-10-7-11-15-14(13)12-8-5-4-6-9-12;;;;/h5-11,13-15H,1-4H3;6-9,12-14H,11H2,1-5H3;7-8,10-11H,1-6H3;5-8,10-11H,1-4H3;4*4-8,10-11H,1-3H3;;;;/q8*-1;;;;. The van der Waals surface area contributed by atoms with Gasteiger partial charge in [0, 0.05) is 135 Å². The molecule has 4 radical (unpaired) electrons. The van der Waals surface area contributed by atoms with E-state index in [4.69, 9.17) is 4.98 Å². The maximum Gasteiger partial charge on any atom is 0.0798 e. The number of aromatic nitrogens is 8. The molecule has 147 heavy (non-hydrogen) atoms. The molecule has 8 nitrogen and oxygen atoms in total. The number of aryl methyl sites for hydroxylation is 5. The summed E-state index contributed by atoms with van der Waals surface area (Å²) in [7, 11) is -10.0. The van der Waals surface area contributed by atoms with Crippen molar-refractivity contribution in [2.24, 2.45) is 5.92 Å². The maximum absolute atomic E-state index is 4.71. The molecule has 0 saturated heterocycles. The molecule has 0 amide bonds. The molecular weight excluding hydrogens is 2630 g/mol. The Labute approximate surface area is 947 Å². The van der Waals surface area contributed by atoms with E-state index in [1.54, 1.807) is 0 Å². The zero-order chi connectivity index (χ0) is 104. The zero-order valence-corrected chi connectivity index (χ0v) is 110. The van der Waals surface area contributed by atoms with Crippen LogP contribution in [0, 0.1) is 89.1 Å². The van der Waals surface area contributed by atoms with Gasteiger partial charge in [-0.2, -0.15) is 0 Å². The average molecular weight is 2790 g/mol. The van der Waals surface area contributed by atoms with E-state index in [1.807, 2.05) is 177 Å². The van der Waals surface area contributed by atoms with E-state index in [9.17, 15) is 0 Å². The molecule has 8 aromatic heterocycles. The van der Waals surface area contributed by atoms with Crippen molar-refractivity contribution in [2.75, 3.05) is 18.8 Å². The van der Waals surface area contributed by atoms with Crippen molar-refractivity contribution in [1.29, 1.82) is 0 Å². The third-order valence-corrected chi connectivity index (χ3v) is 39.9. The molecule has 776 valence electrons. The van der Waals surface area contributed by atoms with Crippen molar-refractivity contribution in [3.8, 4) is 101 Å². The Bertz CT molecular complexity index is 6510. The molecule has 0 spiro atoms. The van der Waals surface area contributed by atoms with Crippen LogP contribution < -0.4 is 36.3 Å². The third kappa shape index (κ3) is 38.8. The van der Waals surface area contributed by atoms with Gasteiger partial charge in [0.25, 0.3) is 0 Å². The van der Waals surface area contributed by atoms with Crippen LogP contribution in [0.25, 0.3) is 101 Å². The first-order valence-electron chi connectivity index (χ1n) is 49.8. The second kappa shape index (κ2) is 57.8. The van der Waals surface area contributed by atoms with Crippen molar-refractivity contribution in [1.82, 2.24) is 39.9 Å². The quantitative estimate of drug-likeness (QED) is 0.0583. The Kier molecular flexibility index (Phi) is 49.6. The number of rotatable bonds is 19. The van der Waals surface area contributed by atoms with Crippen molar-refractivity contribution in [3.63, 3.8) is 0 Å². The van der Waals surface area contributed by atoms with Crippen molar-refractivity contribution in [2.45, 2.75) is 197 Å². The molecule has 17 rings (SSSR count). The minimum absolute atomic E-state index is 0. The van der Waals surface area contributed by atoms with Crippen LogP contribution in [-0.2, 0) is 86.8 Å². The summed E-state index contributed by atoms with van der Waals surface area (Å²) in [5, 5.41) is 9.89. The fourth-order valence-corrected chi connectivity index (χ4v) is 28.5. The van der Waals surface area contributed by atoms with Crippen LogP contribution in [0.5, 0.6) is 0 Å². The summed E-state index contributed by atoms with van der Waals surface area (Å²) in [6.07, 6.45) is 23.8. The number of pyridine rings is 8. The Hall–Kier alpha value is -9.35. The normalized spacial score (nSPS) is 11.3. The molecule has 17 aromatic rings. The molecule has 0 aliphatic rings. The first kappa shape index (κ1) is 126. The predicted octanol–water partition coefficient (Wildman–Crippen LogP) is 29.7. The second-order valence-corrected chi connectivity index (χ2v) is 84.3.